The van der Waals surface area contributed by atoms with Crippen molar-refractivity contribution in [3.8, 4) is 0 Å². The van der Waals surface area contributed by atoms with Gasteiger partial charge in [-0.05, 0) is 6.07 Å². The van der Waals surface area contributed by atoms with Gasteiger partial charge in [-0.2, -0.15) is 0 Å². The van der Waals surface area contributed by atoms with Crippen LogP contribution in [0.3, 0.4) is 0 Å². The third kappa shape index (κ3) is 1.96. The van der Waals surface area contributed by atoms with Crippen molar-refractivity contribution in [2.24, 2.45) is 5.84 Å². The Hall–Kier alpha value is -0.510. The minimum Gasteiger partial charge on any atom is -0.313 e. The summed E-state index contributed by atoms with van der Waals surface area (Å²) >= 11 is 11.3. The number of nitrogens with two attached hydrogens (primary N) is 1. The topological polar surface area (TPSA) is 42.1 Å². The molecule has 60 valence electrons. The number of pyridine rings is 1. The van der Waals surface area contributed by atoms with Gasteiger partial charge in [0.1, 0.15) is 5.15 Å². The Balaban J connectivity index is 3.05. The van der Waals surface area contributed by atoms with Gasteiger partial charge in [0.25, 0.3) is 0 Å². The molecule has 11 heavy (non-hydrogen) atoms. The number of halogens is 2. The molecule has 0 aromatic carbocycles. The lowest BCUT2D eigenvalue weighted by atomic mass is 10.4. The smallest absolute Gasteiger partial charge is 0.147 e. The van der Waals surface area contributed by atoms with E-state index in [-0.39, 0.29) is 5.15 Å². The maximum absolute atomic E-state index is 5.68. The molecule has 2 N–H and O–H groups in total. The maximum atomic E-state index is 5.68. The molecule has 0 amide bonds. The van der Waals surface area contributed by atoms with Crippen LogP contribution in [0.25, 0.3) is 0 Å². The van der Waals surface area contributed by atoms with Gasteiger partial charge in [0, 0.05) is 7.05 Å². The quantitative estimate of drug-likeness (QED) is 0.418. The Morgan fingerprint density at radius 3 is 2.64 bits per heavy atom. The van der Waals surface area contributed by atoms with Gasteiger partial charge in [-0.1, -0.05) is 23.2 Å². The molecule has 0 aliphatic rings. The lowest BCUT2D eigenvalue weighted by Crippen LogP contribution is -2.25. The first kappa shape index (κ1) is 8.59. The van der Waals surface area contributed by atoms with Crippen LogP contribution in [0.2, 0.25) is 10.2 Å². The molecule has 0 atom stereocenters. The van der Waals surface area contributed by atoms with E-state index < -0.39 is 0 Å². The monoisotopic (exact) mass is 191 g/mol. The zero-order valence-corrected chi connectivity index (χ0v) is 7.39. The van der Waals surface area contributed by atoms with Gasteiger partial charge in [0.15, 0.2) is 0 Å². The minimum atomic E-state index is 0.289. The van der Waals surface area contributed by atoms with E-state index in [1.165, 1.54) is 5.01 Å². The van der Waals surface area contributed by atoms with E-state index in [1.54, 1.807) is 19.3 Å². The van der Waals surface area contributed by atoms with E-state index in [4.69, 9.17) is 29.0 Å². The van der Waals surface area contributed by atoms with Gasteiger partial charge in [0.05, 0.1) is 16.9 Å². The molecule has 5 heteroatoms. The molecule has 1 heterocycles. The molecule has 0 aliphatic heterocycles. The molecule has 1 rings (SSSR count). The zero-order chi connectivity index (χ0) is 8.43. The molecule has 0 saturated carbocycles. The van der Waals surface area contributed by atoms with Gasteiger partial charge >= 0.3 is 0 Å². The maximum Gasteiger partial charge on any atom is 0.147 e. The van der Waals surface area contributed by atoms with Crippen LogP contribution in [0, 0.1) is 0 Å². The number of hydrogen-bond donors (Lipinski definition) is 1. The van der Waals surface area contributed by atoms with Gasteiger partial charge < -0.3 is 5.01 Å². The van der Waals surface area contributed by atoms with Crippen molar-refractivity contribution < 1.29 is 0 Å². The van der Waals surface area contributed by atoms with E-state index >= 15 is 0 Å². The number of aromatic nitrogens is 1. The summed E-state index contributed by atoms with van der Waals surface area (Å²) in [5, 5.41) is 2.11. The third-order valence-corrected chi connectivity index (χ3v) is 1.88. The molecule has 0 spiro atoms. The fourth-order valence-corrected chi connectivity index (χ4v) is 0.868. The number of anilines is 1. The summed E-state index contributed by atoms with van der Waals surface area (Å²) in [7, 11) is 1.70. The van der Waals surface area contributed by atoms with Crippen LogP contribution in [0.1, 0.15) is 0 Å². The zero-order valence-electron chi connectivity index (χ0n) is 5.88. The molecule has 0 bridgehead atoms. The number of hydrogen-bond acceptors (Lipinski definition) is 3. The number of nitrogens with zero attached hydrogens (tertiary/aromatic N) is 2. The molecular weight excluding hydrogens is 185 g/mol. The van der Waals surface area contributed by atoms with E-state index in [0.29, 0.717) is 5.02 Å². The normalized spacial score (nSPS) is 9.82. The van der Waals surface area contributed by atoms with Crippen LogP contribution >= 0.6 is 23.2 Å². The third-order valence-electron chi connectivity index (χ3n) is 1.19. The molecular formula is C6H7Cl2N3. The lowest BCUT2D eigenvalue weighted by molar-refractivity contribution is 1.01. The second-order valence-corrected chi connectivity index (χ2v) is 2.84. The molecule has 0 fully saturated rings. The molecule has 3 nitrogen and oxygen atoms in total. The van der Waals surface area contributed by atoms with Crippen molar-refractivity contribution in [2.45, 2.75) is 0 Å². The molecule has 0 saturated heterocycles. The number of hydrazine groups is 1. The van der Waals surface area contributed by atoms with E-state index in [0.717, 1.165) is 5.69 Å². The second kappa shape index (κ2) is 3.26. The summed E-state index contributed by atoms with van der Waals surface area (Å²) in [5.74, 6) is 5.42. The van der Waals surface area contributed by atoms with Crippen molar-refractivity contribution in [1.29, 1.82) is 0 Å². The summed E-state index contributed by atoms with van der Waals surface area (Å²) in [5.41, 5.74) is 0.722. The SMILES string of the molecule is CN(N)c1cnc(Cl)c(Cl)c1. The van der Waals surface area contributed by atoms with Gasteiger partial charge in [-0.15, -0.1) is 0 Å². The van der Waals surface area contributed by atoms with E-state index in [1.807, 2.05) is 0 Å². The lowest BCUT2D eigenvalue weighted by Gasteiger charge is -2.11. The standard InChI is InChI=1S/C6H7Cl2N3/c1-11(9)4-2-5(7)6(8)10-3-4/h2-3H,9H2,1H3. The minimum absolute atomic E-state index is 0.289. The Morgan fingerprint density at radius 1 is 1.55 bits per heavy atom. The molecule has 0 radical (unpaired) electrons. The Kier molecular flexibility index (Phi) is 2.54. The van der Waals surface area contributed by atoms with Gasteiger partial charge in [-0.25, -0.2) is 10.8 Å². The first-order valence-electron chi connectivity index (χ1n) is 2.90. The van der Waals surface area contributed by atoms with Crippen molar-refractivity contribution >= 4 is 28.9 Å². The van der Waals surface area contributed by atoms with Crippen LogP contribution in [-0.2, 0) is 0 Å². The highest BCUT2D eigenvalue weighted by molar-refractivity contribution is 6.41. The molecule has 1 aromatic rings. The van der Waals surface area contributed by atoms with Crippen LogP contribution in [0.15, 0.2) is 12.3 Å². The van der Waals surface area contributed by atoms with Gasteiger partial charge in [0.2, 0.25) is 0 Å². The molecule has 0 unspecified atom stereocenters. The average molecular weight is 192 g/mol. The van der Waals surface area contributed by atoms with Crippen LogP contribution < -0.4 is 10.9 Å². The predicted molar refractivity (Wildman–Crippen MR) is 46.8 cm³/mol. The summed E-state index contributed by atoms with van der Waals surface area (Å²) < 4.78 is 0. The van der Waals surface area contributed by atoms with E-state index in [2.05, 4.69) is 4.98 Å². The predicted octanol–water partition coefficient (Wildman–Crippen LogP) is 1.70. The first-order chi connectivity index (χ1) is 5.11. The Labute approximate surface area is 74.7 Å². The fraction of sp³-hybridized carbons (Fsp3) is 0.167. The number of rotatable bonds is 1. The van der Waals surface area contributed by atoms with E-state index in [9.17, 15) is 0 Å². The highest BCUT2D eigenvalue weighted by atomic mass is 35.5. The highest BCUT2D eigenvalue weighted by Crippen LogP contribution is 2.22. The van der Waals surface area contributed by atoms with Crippen LogP contribution in [-0.4, -0.2) is 12.0 Å². The fourth-order valence-electron chi connectivity index (χ4n) is 0.604. The van der Waals surface area contributed by atoms with Crippen molar-refractivity contribution in [3.63, 3.8) is 0 Å². The summed E-state index contributed by atoms with van der Waals surface area (Å²) in [6, 6.07) is 1.65. The van der Waals surface area contributed by atoms with Crippen molar-refractivity contribution in [2.75, 3.05) is 12.1 Å². The van der Waals surface area contributed by atoms with Crippen molar-refractivity contribution in [1.82, 2.24) is 4.98 Å². The van der Waals surface area contributed by atoms with Gasteiger partial charge in [-0.3, -0.25) is 0 Å². The van der Waals surface area contributed by atoms with Crippen molar-refractivity contribution in [3.05, 3.63) is 22.4 Å². The summed E-state index contributed by atoms with van der Waals surface area (Å²) in [6.07, 6.45) is 1.55. The Bertz CT molecular complexity index is 262. The Morgan fingerprint density at radius 2 is 2.18 bits per heavy atom. The molecule has 1 aromatic heterocycles. The van der Waals surface area contributed by atoms with Crippen LogP contribution in [0.4, 0.5) is 5.69 Å². The average Bonchev–Trinajstić information content (AvgIpc) is 1.94. The second-order valence-electron chi connectivity index (χ2n) is 2.08. The molecule has 0 aliphatic carbocycles. The highest BCUT2D eigenvalue weighted by Gasteiger charge is 2.01. The largest absolute Gasteiger partial charge is 0.313 e. The van der Waals surface area contributed by atoms with Crippen LogP contribution in [0.5, 0.6) is 0 Å². The first-order valence-corrected chi connectivity index (χ1v) is 3.66. The summed E-state index contributed by atoms with van der Waals surface area (Å²) in [4.78, 5) is 3.81. The summed E-state index contributed by atoms with van der Waals surface area (Å²) in [6.45, 7) is 0.